The molecule has 1 aliphatic rings. The fourth-order valence-corrected chi connectivity index (χ4v) is 3.58. The molecule has 0 amide bonds. The Morgan fingerprint density at radius 2 is 1.13 bits per heavy atom. The second-order valence-corrected chi connectivity index (χ2v) is 7.49. The molecule has 1 rings (SSSR count). The van der Waals surface area contributed by atoms with Crippen LogP contribution in [0.5, 0.6) is 0 Å². The van der Waals surface area contributed by atoms with Crippen LogP contribution in [0.2, 0.25) is 0 Å². The predicted molar refractivity (Wildman–Crippen MR) is 104 cm³/mol. The van der Waals surface area contributed by atoms with Crippen molar-refractivity contribution in [3.63, 3.8) is 0 Å². The van der Waals surface area contributed by atoms with E-state index < -0.39 is 0 Å². The largest absolute Gasteiger partial charge is 0.274 e. The van der Waals surface area contributed by atoms with Crippen molar-refractivity contribution in [2.45, 2.75) is 110 Å². The molecular weight excluding hydrogens is 280 g/mol. The van der Waals surface area contributed by atoms with E-state index in [0.717, 1.165) is 6.54 Å². The minimum atomic E-state index is 1.14. The van der Waals surface area contributed by atoms with Gasteiger partial charge < -0.3 is 0 Å². The van der Waals surface area contributed by atoms with Crippen molar-refractivity contribution < 1.29 is 4.58 Å². The molecule has 23 heavy (non-hydrogen) atoms. The molecule has 0 aromatic rings. The number of nitrogens with one attached hydrogen (secondary N) is 1. The molecule has 1 N–H and O–H groups in total. The molecular formula is C21H43N2+. The summed E-state index contributed by atoms with van der Waals surface area (Å²) in [7, 11) is 2.21. The zero-order valence-corrected chi connectivity index (χ0v) is 16.2. The summed E-state index contributed by atoms with van der Waals surface area (Å²) in [5, 5.41) is 3.50. The monoisotopic (exact) mass is 323 g/mol. The number of unbranched alkanes of at least 4 members (excludes halogenated alkanes) is 14. The van der Waals surface area contributed by atoms with Crippen LogP contribution in [0, 0.1) is 0 Å². The first kappa shape index (κ1) is 20.5. The fraction of sp³-hybridized carbons (Fsp3) is 0.952. The summed E-state index contributed by atoms with van der Waals surface area (Å²) in [4.78, 5) is 0. The lowest BCUT2D eigenvalue weighted by Crippen LogP contribution is -2.20. The van der Waals surface area contributed by atoms with E-state index in [0.29, 0.717) is 0 Å². The molecule has 0 unspecified atom stereocenters. The molecule has 2 nitrogen and oxygen atoms in total. The van der Waals surface area contributed by atoms with Gasteiger partial charge in [-0.1, -0.05) is 96.8 Å². The quantitative estimate of drug-likeness (QED) is 0.276. The second-order valence-electron chi connectivity index (χ2n) is 7.49. The van der Waals surface area contributed by atoms with Crippen LogP contribution in [-0.4, -0.2) is 30.5 Å². The first-order valence-corrected chi connectivity index (χ1v) is 10.7. The molecule has 136 valence electrons. The minimum absolute atomic E-state index is 1.14. The van der Waals surface area contributed by atoms with Crippen molar-refractivity contribution in [3.05, 3.63) is 0 Å². The zero-order chi connectivity index (χ0) is 16.6. The standard InChI is InChI=1S/C21H42N2/c1-3-4-5-6-7-8-9-10-11-12-13-14-15-16-17-18-21-22-19-20-23(21)2/h3-20H2,1-2H3/p+1. The molecule has 0 aliphatic carbocycles. The Morgan fingerprint density at radius 1 is 0.696 bits per heavy atom. The average Bonchev–Trinajstić information content (AvgIpc) is 2.96. The Morgan fingerprint density at radius 3 is 1.52 bits per heavy atom. The van der Waals surface area contributed by atoms with Gasteiger partial charge >= 0.3 is 0 Å². The number of hydrogen-bond donors (Lipinski definition) is 1. The molecule has 0 aromatic heterocycles. The van der Waals surface area contributed by atoms with Gasteiger partial charge in [0.05, 0.1) is 7.05 Å². The Labute approximate surface area is 146 Å². The normalized spacial score (nSPS) is 14.5. The number of hydrogen-bond acceptors (Lipinski definition) is 1. The van der Waals surface area contributed by atoms with E-state index in [1.807, 2.05) is 0 Å². The highest BCUT2D eigenvalue weighted by atomic mass is 15.2. The van der Waals surface area contributed by atoms with Crippen molar-refractivity contribution in [2.75, 3.05) is 20.1 Å². The summed E-state index contributed by atoms with van der Waals surface area (Å²) >= 11 is 0. The molecule has 0 fully saturated rings. The second kappa shape index (κ2) is 15.0. The third kappa shape index (κ3) is 11.6. The fourth-order valence-electron chi connectivity index (χ4n) is 3.58. The Hall–Kier alpha value is -0.530. The van der Waals surface area contributed by atoms with Crippen LogP contribution in [-0.2, 0) is 0 Å². The van der Waals surface area contributed by atoms with Gasteiger partial charge in [0.15, 0.2) is 0 Å². The first-order chi connectivity index (χ1) is 11.3. The van der Waals surface area contributed by atoms with Crippen molar-refractivity contribution in [1.82, 2.24) is 5.32 Å². The van der Waals surface area contributed by atoms with Gasteiger partial charge in [-0.25, -0.2) is 0 Å². The lowest BCUT2D eigenvalue weighted by atomic mass is 10.0. The number of rotatable bonds is 16. The van der Waals surface area contributed by atoms with Crippen LogP contribution in [0.15, 0.2) is 0 Å². The van der Waals surface area contributed by atoms with Gasteiger partial charge in [0.2, 0.25) is 5.84 Å². The molecule has 1 aliphatic heterocycles. The Kier molecular flexibility index (Phi) is 13.4. The van der Waals surface area contributed by atoms with Crippen molar-refractivity contribution in [2.24, 2.45) is 0 Å². The van der Waals surface area contributed by atoms with Crippen LogP contribution >= 0.6 is 0 Å². The smallest absolute Gasteiger partial charge is 0.244 e. The molecule has 0 saturated carbocycles. The number of likely N-dealkylation sites (N-methyl/N-ethyl adjacent to an activating group) is 1. The summed E-state index contributed by atoms with van der Waals surface area (Å²) in [5.74, 6) is 1.47. The summed E-state index contributed by atoms with van der Waals surface area (Å²) < 4.78 is 2.38. The van der Waals surface area contributed by atoms with E-state index in [2.05, 4.69) is 23.9 Å². The number of amidine groups is 1. The van der Waals surface area contributed by atoms with Gasteiger partial charge in [-0.3, -0.25) is 9.89 Å². The van der Waals surface area contributed by atoms with E-state index in [-0.39, 0.29) is 0 Å². The van der Waals surface area contributed by atoms with Crippen LogP contribution in [0.25, 0.3) is 0 Å². The summed E-state index contributed by atoms with van der Waals surface area (Å²) in [6.07, 6.45) is 23.0. The highest BCUT2D eigenvalue weighted by Crippen LogP contribution is 2.13. The van der Waals surface area contributed by atoms with Gasteiger partial charge in [0.25, 0.3) is 0 Å². The van der Waals surface area contributed by atoms with Crippen molar-refractivity contribution in [3.8, 4) is 0 Å². The van der Waals surface area contributed by atoms with Crippen LogP contribution < -0.4 is 5.32 Å². The van der Waals surface area contributed by atoms with Crippen molar-refractivity contribution >= 4 is 5.84 Å². The third-order valence-corrected chi connectivity index (χ3v) is 5.25. The van der Waals surface area contributed by atoms with Gasteiger partial charge in [0, 0.05) is 6.42 Å². The lowest BCUT2D eigenvalue weighted by Gasteiger charge is -2.03. The molecule has 0 saturated heterocycles. The van der Waals surface area contributed by atoms with E-state index in [9.17, 15) is 0 Å². The predicted octanol–water partition coefficient (Wildman–Crippen LogP) is 5.89. The average molecular weight is 324 g/mol. The van der Waals surface area contributed by atoms with Gasteiger partial charge in [-0.05, 0) is 6.42 Å². The van der Waals surface area contributed by atoms with E-state index >= 15 is 0 Å². The van der Waals surface area contributed by atoms with Gasteiger partial charge in [-0.15, -0.1) is 0 Å². The van der Waals surface area contributed by atoms with Crippen LogP contribution in [0.3, 0.4) is 0 Å². The van der Waals surface area contributed by atoms with Crippen molar-refractivity contribution in [1.29, 1.82) is 0 Å². The minimum Gasteiger partial charge on any atom is -0.274 e. The highest BCUT2D eigenvalue weighted by molar-refractivity contribution is 5.78. The molecule has 0 radical (unpaired) electrons. The van der Waals surface area contributed by atoms with E-state index in [1.54, 1.807) is 0 Å². The maximum Gasteiger partial charge on any atom is 0.244 e. The van der Waals surface area contributed by atoms with Crippen LogP contribution in [0.1, 0.15) is 110 Å². The van der Waals surface area contributed by atoms with Gasteiger partial charge in [0.1, 0.15) is 13.1 Å². The van der Waals surface area contributed by atoms with Gasteiger partial charge in [-0.2, -0.15) is 0 Å². The Bertz CT molecular complexity index is 296. The summed E-state index contributed by atoms with van der Waals surface area (Å²) in [6, 6.07) is 0. The molecule has 1 heterocycles. The maximum absolute atomic E-state index is 3.50. The summed E-state index contributed by atoms with van der Waals surface area (Å²) in [5.41, 5.74) is 0. The third-order valence-electron chi connectivity index (χ3n) is 5.25. The van der Waals surface area contributed by atoms with E-state index in [1.165, 1.54) is 115 Å². The van der Waals surface area contributed by atoms with Crippen LogP contribution in [0.4, 0.5) is 0 Å². The molecule has 2 heteroatoms. The first-order valence-electron chi connectivity index (χ1n) is 10.7. The zero-order valence-electron chi connectivity index (χ0n) is 16.2. The topological polar surface area (TPSA) is 15.0 Å². The lowest BCUT2D eigenvalue weighted by molar-refractivity contribution is -0.487. The molecule has 0 aromatic carbocycles. The SMILES string of the molecule is CCCCCCCCCCCCCCCCCC1=[N+](C)CCN1. The molecule has 0 spiro atoms. The summed E-state index contributed by atoms with van der Waals surface area (Å²) in [6.45, 7) is 4.63. The maximum atomic E-state index is 3.50. The van der Waals surface area contributed by atoms with E-state index in [4.69, 9.17) is 0 Å². The highest BCUT2D eigenvalue weighted by Gasteiger charge is 2.15. The molecule has 0 bridgehead atoms. The molecule has 0 atom stereocenters. The Balaban J connectivity index is 1.71. The number of nitrogens with zero attached hydrogens (tertiary/aromatic N) is 1.